The van der Waals surface area contributed by atoms with Crippen molar-refractivity contribution in [3.05, 3.63) is 0 Å². The molecule has 0 aliphatic carbocycles. The molecule has 0 bridgehead atoms. The summed E-state index contributed by atoms with van der Waals surface area (Å²) in [5, 5.41) is 8.46. The lowest BCUT2D eigenvalue weighted by atomic mass is 10.3. The highest BCUT2D eigenvalue weighted by Gasteiger charge is 2.20. The first-order valence-corrected chi connectivity index (χ1v) is 7.21. The van der Waals surface area contributed by atoms with Gasteiger partial charge in [-0.05, 0) is 13.3 Å². The van der Waals surface area contributed by atoms with Crippen LogP contribution in [0.25, 0.3) is 0 Å². The second-order valence-electron chi connectivity index (χ2n) is 3.97. The molecular formula is C10H20N2O5S. The van der Waals surface area contributed by atoms with Gasteiger partial charge in [0.15, 0.2) is 0 Å². The van der Waals surface area contributed by atoms with E-state index in [9.17, 15) is 18.0 Å². The van der Waals surface area contributed by atoms with Crippen molar-refractivity contribution in [2.45, 2.75) is 19.8 Å². The van der Waals surface area contributed by atoms with E-state index in [-0.39, 0.29) is 24.6 Å². The van der Waals surface area contributed by atoms with Gasteiger partial charge in [-0.1, -0.05) is 0 Å². The van der Waals surface area contributed by atoms with Crippen LogP contribution >= 0.6 is 0 Å². The third kappa shape index (κ3) is 5.97. The van der Waals surface area contributed by atoms with Gasteiger partial charge in [-0.15, -0.1) is 0 Å². The molecule has 0 saturated carbocycles. The number of amides is 1. The number of carbonyl (C=O) groups is 2. The first-order valence-electron chi connectivity index (χ1n) is 5.60. The SMILES string of the molecule is CCS(=O)(=O)N(C)CC(=O)N(C)CCCC(=O)O. The molecule has 0 spiro atoms. The van der Waals surface area contributed by atoms with Crippen LogP contribution in [0.5, 0.6) is 0 Å². The maximum Gasteiger partial charge on any atom is 0.303 e. The van der Waals surface area contributed by atoms with Crippen molar-refractivity contribution in [1.82, 2.24) is 9.21 Å². The number of likely N-dealkylation sites (N-methyl/N-ethyl adjacent to an activating group) is 2. The summed E-state index contributed by atoms with van der Waals surface area (Å²) in [6, 6.07) is 0. The van der Waals surface area contributed by atoms with Crippen LogP contribution in [0, 0.1) is 0 Å². The Balaban J connectivity index is 4.20. The van der Waals surface area contributed by atoms with Gasteiger partial charge in [-0.25, -0.2) is 8.42 Å². The largest absolute Gasteiger partial charge is 0.481 e. The zero-order chi connectivity index (χ0) is 14.3. The van der Waals surface area contributed by atoms with Crippen molar-refractivity contribution in [1.29, 1.82) is 0 Å². The van der Waals surface area contributed by atoms with Crippen molar-refractivity contribution in [3.8, 4) is 0 Å². The van der Waals surface area contributed by atoms with E-state index in [1.54, 1.807) is 0 Å². The normalized spacial score (nSPS) is 11.6. The van der Waals surface area contributed by atoms with Gasteiger partial charge in [0.1, 0.15) is 0 Å². The van der Waals surface area contributed by atoms with Gasteiger partial charge in [0.25, 0.3) is 0 Å². The number of carboxylic acids is 1. The maximum atomic E-state index is 11.7. The molecule has 0 aromatic rings. The third-order valence-electron chi connectivity index (χ3n) is 2.51. The molecule has 0 saturated heterocycles. The lowest BCUT2D eigenvalue weighted by Gasteiger charge is -2.21. The Kier molecular flexibility index (Phi) is 6.85. The minimum absolute atomic E-state index is 0.0132. The number of rotatable bonds is 8. The number of hydrogen-bond acceptors (Lipinski definition) is 4. The van der Waals surface area contributed by atoms with E-state index in [1.807, 2.05) is 0 Å². The van der Waals surface area contributed by atoms with Crippen molar-refractivity contribution < 1.29 is 23.1 Å². The van der Waals surface area contributed by atoms with Crippen molar-refractivity contribution in [2.75, 3.05) is 32.9 Å². The second-order valence-corrected chi connectivity index (χ2v) is 6.33. The zero-order valence-electron chi connectivity index (χ0n) is 10.9. The van der Waals surface area contributed by atoms with Crippen LogP contribution in [-0.2, 0) is 19.6 Å². The highest BCUT2D eigenvalue weighted by Crippen LogP contribution is 2.00. The molecule has 0 unspecified atom stereocenters. The van der Waals surface area contributed by atoms with Crippen LogP contribution in [0.2, 0.25) is 0 Å². The standard InChI is InChI=1S/C10H20N2O5S/c1-4-18(16,17)12(3)8-9(13)11(2)7-5-6-10(14)15/h4-8H2,1-3H3,(H,14,15). The number of nitrogens with zero attached hydrogens (tertiary/aromatic N) is 2. The molecule has 7 nitrogen and oxygen atoms in total. The zero-order valence-corrected chi connectivity index (χ0v) is 11.7. The monoisotopic (exact) mass is 280 g/mol. The average Bonchev–Trinajstić information content (AvgIpc) is 2.28. The highest BCUT2D eigenvalue weighted by atomic mass is 32.2. The molecule has 0 aliphatic rings. The summed E-state index contributed by atoms with van der Waals surface area (Å²) in [7, 11) is -0.496. The Labute approximate surface area is 107 Å². The first-order chi connectivity index (χ1) is 8.20. The number of carbonyl (C=O) groups excluding carboxylic acids is 1. The quantitative estimate of drug-likeness (QED) is 0.652. The molecule has 1 amide bonds. The molecule has 18 heavy (non-hydrogen) atoms. The van der Waals surface area contributed by atoms with Crippen LogP contribution in [0.1, 0.15) is 19.8 Å². The fourth-order valence-corrected chi connectivity index (χ4v) is 1.97. The molecular weight excluding hydrogens is 260 g/mol. The average molecular weight is 280 g/mol. The van der Waals surface area contributed by atoms with Gasteiger partial charge in [-0.3, -0.25) is 9.59 Å². The molecule has 0 heterocycles. The van der Waals surface area contributed by atoms with Gasteiger partial charge < -0.3 is 10.0 Å². The van der Waals surface area contributed by atoms with Gasteiger partial charge >= 0.3 is 5.97 Å². The number of carboxylic acid groups (broad SMARTS) is 1. The summed E-state index contributed by atoms with van der Waals surface area (Å²) < 4.78 is 23.9. The molecule has 0 aromatic carbocycles. The Morgan fingerprint density at radius 3 is 2.22 bits per heavy atom. The number of sulfonamides is 1. The maximum absolute atomic E-state index is 11.7. The van der Waals surface area contributed by atoms with Crippen LogP contribution < -0.4 is 0 Å². The second kappa shape index (κ2) is 7.32. The van der Waals surface area contributed by atoms with Gasteiger partial charge in [0.05, 0.1) is 12.3 Å². The Morgan fingerprint density at radius 1 is 1.22 bits per heavy atom. The van der Waals surface area contributed by atoms with E-state index in [0.717, 1.165) is 4.31 Å². The minimum atomic E-state index is -3.37. The van der Waals surface area contributed by atoms with Crippen LogP contribution in [0.4, 0.5) is 0 Å². The summed E-state index contributed by atoms with van der Waals surface area (Å²) >= 11 is 0. The van der Waals surface area contributed by atoms with E-state index in [1.165, 1.54) is 25.9 Å². The first kappa shape index (κ1) is 16.9. The molecule has 0 atom stereocenters. The van der Waals surface area contributed by atoms with E-state index < -0.39 is 16.0 Å². The topological polar surface area (TPSA) is 95.0 Å². The van der Waals surface area contributed by atoms with Crippen LogP contribution in [-0.4, -0.2) is 67.5 Å². The van der Waals surface area contributed by atoms with E-state index >= 15 is 0 Å². The molecule has 1 N–H and O–H groups in total. The number of hydrogen-bond donors (Lipinski definition) is 1. The lowest BCUT2D eigenvalue weighted by molar-refractivity contribution is -0.138. The van der Waals surface area contributed by atoms with Gasteiger partial charge in [-0.2, -0.15) is 4.31 Å². The predicted octanol–water partition coefficient (Wildman–Crippen LogP) is -0.409. The van der Waals surface area contributed by atoms with E-state index in [4.69, 9.17) is 5.11 Å². The lowest BCUT2D eigenvalue weighted by Crippen LogP contribution is -2.40. The van der Waals surface area contributed by atoms with Crippen LogP contribution in [0.3, 0.4) is 0 Å². The minimum Gasteiger partial charge on any atom is -0.481 e. The fourth-order valence-electron chi connectivity index (χ4n) is 1.22. The van der Waals surface area contributed by atoms with Crippen molar-refractivity contribution in [3.63, 3.8) is 0 Å². The summed E-state index contributed by atoms with van der Waals surface area (Å²) in [6.07, 6.45) is 0.336. The Bertz CT molecular complexity index is 393. The molecule has 8 heteroatoms. The third-order valence-corrected chi connectivity index (χ3v) is 4.32. The Morgan fingerprint density at radius 2 is 1.78 bits per heavy atom. The molecule has 0 radical (unpaired) electrons. The fraction of sp³-hybridized carbons (Fsp3) is 0.800. The molecule has 0 aliphatic heterocycles. The Hall–Kier alpha value is -1.15. The molecule has 0 fully saturated rings. The summed E-state index contributed by atoms with van der Waals surface area (Å²) in [5.41, 5.74) is 0. The molecule has 106 valence electrons. The van der Waals surface area contributed by atoms with E-state index in [2.05, 4.69) is 0 Å². The highest BCUT2D eigenvalue weighted by molar-refractivity contribution is 7.89. The van der Waals surface area contributed by atoms with Crippen molar-refractivity contribution >= 4 is 21.9 Å². The number of aliphatic carboxylic acids is 1. The van der Waals surface area contributed by atoms with E-state index in [0.29, 0.717) is 13.0 Å². The predicted molar refractivity (Wildman–Crippen MR) is 66.6 cm³/mol. The van der Waals surface area contributed by atoms with Gasteiger partial charge in [0, 0.05) is 27.1 Å². The smallest absolute Gasteiger partial charge is 0.303 e. The summed E-state index contributed by atoms with van der Waals surface area (Å²) in [4.78, 5) is 23.3. The molecule has 0 aromatic heterocycles. The summed E-state index contributed by atoms with van der Waals surface area (Å²) in [6.45, 7) is 1.58. The summed E-state index contributed by atoms with van der Waals surface area (Å²) in [5.74, 6) is -1.32. The van der Waals surface area contributed by atoms with Crippen molar-refractivity contribution in [2.24, 2.45) is 0 Å². The van der Waals surface area contributed by atoms with Gasteiger partial charge in [0.2, 0.25) is 15.9 Å². The molecule has 0 rings (SSSR count). The van der Waals surface area contributed by atoms with Crippen LogP contribution in [0.15, 0.2) is 0 Å².